The normalized spacial score (nSPS) is 12.0. The number of amides is 2. The average molecular weight is 556 g/mol. The van der Waals surface area contributed by atoms with Crippen LogP contribution in [0.4, 0.5) is 5.69 Å². The number of benzene rings is 3. The monoisotopic (exact) mass is 555 g/mol. The molecule has 0 aromatic heterocycles. The average Bonchev–Trinajstić information content (AvgIpc) is 2.88. The van der Waals surface area contributed by atoms with E-state index in [9.17, 15) is 18.0 Å². The van der Waals surface area contributed by atoms with Crippen molar-refractivity contribution in [3.63, 3.8) is 0 Å². The summed E-state index contributed by atoms with van der Waals surface area (Å²) in [5.41, 5.74) is 2.69. The predicted octanol–water partition coefficient (Wildman–Crippen LogP) is 5.10. The van der Waals surface area contributed by atoms with E-state index in [4.69, 9.17) is 11.6 Å². The minimum absolute atomic E-state index is 0.0654. The number of likely N-dealkylation sites (N-methyl/N-ethyl adjacent to an activating group) is 1. The second-order valence-electron chi connectivity index (χ2n) is 9.08. The number of hydrogen-bond donors (Lipinski definition) is 1. The number of rotatable bonds is 11. The highest BCUT2D eigenvalue weighted by Crippen LogP contribution is 2.29. The lowest BCUT2D eigenvalue weighted by atomic mass is 10.1. The first-order chi connectivity index (χ1) is 18.1. The van der Waals surface area contributed by atoms with Gasteiger partial charge in [-0.15, -0.1) is 0 Å². The van der Waals surface area contributed by atoms with Gasteiger partial charge < -0.3 is 10.2 Å². The third-order valence-corrected chi connectivity index (χ3v) is 8.26. The van der Waals surface area contributed by atoms with Gasteiger partial charge in [0, 0.05) is 18.1 Å². The molecule has 0 aliphatic rings. The molecule has 2 amide bonds. The molecule has 0 spiro atoms. The third-order valence-electron chi connectivity index (χ3n) is 6.25. The van der Waals surface area contributed by atoms with E-state index in [0.29, 0.717) is 29.2 Å². The molecular weight excluding hydrogens is 522 g/mol. The Labute approximate surface area is 230 Å². The summed E-state index contributed by atoms with van der Waals surface area (Å²) in [6.07, 6.45) is 0.370. The first-order valence-corrected chi connectivity index (χ1v) is 14.4. The molecule has 0 heterocycles. The minimum atomic E-state index is -4.13. The van der Waals surface area contributed by atoms with Gasteiger partial charge in [0.1, 0.15) is 12.6 Å². The minimum Gasteiger partial charge on any atom is -0.355 e. The van der Waals surface area contributed by atoms with Crippen LogP contribution in [0.3, 0.4) is 0 Å². The fraction of sp³-hybridized carbons (Fsp3) is 0.310. The number of nitrogens with one attached hydrogen (secondary N) is 1. The van der Waals surface area contributed by atoms with Crippen molar-refractivity contribution in [1.29, 1.82) is 0 Å². The predicted molar refractivity (Wildman–Crippen MR) is 152 cm³/mol. The van der Waals surface area contributed by atoms with E-state index in [-0.39, 0.29) is 17.3 Å². The largest absolute Gasteiger partial charge is 0.355 e. The second-order valence-corrected chi connectivity index (χ2v) is 11.4. The Morgan fingerprint density at radius 3 is 2.18 bits per heavy atom. The van der Waals surface area contributed by atoms with E-state index in [2.05, 4.69) is 5.32 Å². The number of nitrogens with zero attached hydrogens (tertiary/aromatic N) is 2. The summed E-state index contributed by atoms with van der Waals surface area (Å²) in [7, 11) is -4.13. The zero-order valence-electron chi connectivity index (χ0n) is 22.1. The topological polar surface area (TPSA) is 86.8 Å². The van der Waals surface area contributed by atoms with E-state index in [1.807, 2.05) is 51.1 Å². The highest BCUT2D eigenvalue weighted by atomic mass is 35.5. The van der Waals surface area contributed by atoms with Crippen molar-refractivity contribution in [3.8, 4) is 0 Å². The molecule has 0 aliphatic carbocycles. The van der Waals surface area contributed by atoms with Crippen LogP contribution >= 0.6 is 11.6 Å². The Bertz CT molecular complexity index is 1360. The van der Waals surface area contributed by atoms with Crippen LogP contribution in [0.25, 0.3) is 0 Å². The van der Waals surface area contributed by atoms with Crippen molar-refractivity contribution in [2.24, 2.45) is 0 Å². The van der Waals surface area contributed by atoms with Gasteiger partial charge >= 0.3 is 0 Å². The lowest BCUT2D eigenvalue weighted by molar-refractivity contribution is -0.140. The quantitative estimate of drug-likeness (QED) is 0.357. The smallest absolute Gasteiger partial charge is 0.264 e. The molecule has 38 heavy (non-hydrogen) atoms. The van der Waals surface area contributed by atoms with Crippen molar-refractivity contribution in [2.75, 3.05) is 17.4 Å². The van der Waals surface area contributed by atoms with E-state index < -0.39 is 28.5 Å². The van der Waals surface area contributed by atoms with Crippen molar-refractivity contribution < 1.29 is 18.0 Å². The molecule has 9 heteroatoms. The van der Waals surface area contributed by atoms with Crippen LogP contribution in [0.15, 0.2) is 77.7 Å². The van der Waals surface area contributed by atoms with Gasteiger partial charge in [0.05, 0.1) is 10.6 Å². The Morgan fingerprint density at radius 1 is 0.947 bits per heavy atom. The van der Waals surface area contributed by atoms with Gasteiger partial charge in [-0.3, -0.25) is 13.9 Å². The number of anilines is 1. The van der Waals surface area contributed by atoms with Crippen LogP contribution in [-0.4, -0.2) is 44.3 Å². The van der Waals surface area contributed by atoms with Crippen LogP contribution in [0.1, 0.15) is 37.0 Å². The van der Waals surface area contributed by atoms with Crippen molar-refractivity contribution >= 4 is 39.1 Å². The van der Waals surface area contributed by atoms with Gasteiger partial charge in [-0.2, -0.15) is 0 Å². The zero-order valence-corrected chi connectivity index (χ0v) is 23.7. The summed E-state index contributed by atoms with van der Waals surface area (Å²) in [5, 5.41) is 3.26. The van der Waals surface area contributed by atoms with E-state index in [1.54, 1.807) is 37.3 Å². The van der Waals surface area contributed by atoms with Crippen LogP contribution < -0.4 is 9.62 Å². The van der Waals surface area contributed by atoms with Gasteiger partial charge in [-0.1, -0.05) is 66.6 Å². The fourth-order valence-electron chi connectivity index (χ4n) is 4.24. The molecule has 3 aromatic carbocycles. The molecule has 0 saturated carbocycles. The van der Waals surface area contributed by atoms with Crippen molar-refractivity contribution in [1.82, 2.24) is 10.2 Å². The summed E-state index contributed by atoms with van der Waals surface area (Å²) in [6.45, 7) is 7.35. The standard InChI is InChI=1S/C29H34ClN3O4S/c1-5-26(29(35)31-6-2)32(19-23-10-8-7-9-11-23)28(34)20-33(27-17-14-24(30)18-22(27)4)38(36,37)25-15-12-21(3)13-16-25/h7-18,26H,5-6,19-20H2,1-4H3,(H,31,35)/t26-/m0/s1. The molecule has 1 atom stereocenters. The molecule has 0 saturated heterocycles. The first-order valence-electron chi connectivity index (χ1n) is 12.5. The maximum Gasteiger partial charge on any atom is 0.264 e. The number of carbonyl (C=O) groups excluding carboxylic acids is 2. The number of aryl methyl sites for hydroxylation is 2. The Balaban J connectivity index is 2.08. The van der Waals surface area contributed by atoms with Gasteiger partial charge in [-0.05, 0) is 68.7 Å². The number of halogens is 1. The van der Waals surface area contributed by atoms with Crippen LogP contribution in [0, 0.1) is 13.8 Å². The van der Waals surface area contributed by atoms with Crippen LogP contribution in [-0.2, 0) is 26.2 Å². The molecule has 0 unspecified atom stereocenters. The lowest BCUT2D eigenvalue weighted by Crippen LogP contribution is -2.52. The van der Waals surface area contributed by atoms with Crippen molar-refractivity contribution in [3.05, 3.63) is 94.5 Å². The zero-order chi connectivity index (χ0) is 27.9. The molecule has 0 aliphatic heterocycles. The van der Waals surface area contributed by atoms with Crippen molar-refractivity contribution in [2.45, 2.75) is 51.6 Å². The fourth-order valence-corrected chi connectivity index (χ4v) is 5.95. The molecule has 202 valence electrons. The maximum absolute atomic E-state index is 14.0. The number of hydrogen-bond acceptors (Lipinski definition) is 4. The second kappa shape index (κ2) is 12.9. The van der Waals surface area contributed by atoms with Gasteiger partial charge in [0.15, 0.2) is 0 Å². The third kappa shape index (κ3) is 6.94. The summed E-state index contributed by atoms with van der Waals surface area (Å²) in [4.78, 5) is 28.4. The number of carbonyl (C=O) groups is 2. The summed E-state index contributed by atoms with van der Waals surface area (Å²) in [6, 6.07) is 19.9. The van der Waals surface area contributed by atoms with Gasteiger partial charge in [0.2, 0.25) is 11.8 Å². The molecule has 0 fully saturated rings. The molecular formula is C29H34ClN3O4S. The first kappa shape index (κ1) is 29.2. The van der Waals surface area contributed by atoms with Crippen LogP contribution in [0.2, 0.25) is 5.02 Å². The van der Waals surface area contributed by atoms with E-state index >= 15 is 0 Å². The summed E-state index contributed by atoms with van der Waals surface area (Å²) < 4.78 is 28.9. The van der Waals surface area contributed by atoms with Crippen LogP contribution in [0.5, 0.6) is 0 Å². The highest BCUT2D eigenvalue weighted by Gasteiger charge is 2.34. The molecule has 1 N–H and O–H groups in total. The number of sulfonamides is 1. The molecule has 0 radical (unpaired) electrons. The molecule has 0 bridgehead atoms. The summed E-state index contributed by atoms with van der Waals surface area (Å²) >= 11 is 6.15. The Morgan fingerprint density at radius 2 is 1.61 bits per heavy atom. The summed E-state index contributed by atoms with van der Waals surface area (Å²) in [5.74, 6) is -0.771. The molecule has 3 rings (SSSR count). The lowest BCUT2D eigenvalue weighted by Gasteiger charge is -2.33. The molecule has 3 aromatic rings. The SMILES string of the molecule is CCNC(=O)[C@H](CC)N(Cc1ccccc1)C(=O)CN(c1ccc(Cl)cc1C)S(=O)(=O)c1ccc(C)cc1. The highest BCUT2D eigenvalue weighted by molar-refractivity contribution is 7.92. The van der Waals surface area contributed by atoms with E-state index in [1.165, 1.54) is 17.0 Å². The Hall–Kier alpha value is -3.36. The van der Waals surface area contributed by atoms with Gasteiger partial charge in [-0.25, -0.2) is 8.42 Å². The van der Waals surface area contributed by atoms with Gasteiger partial charge in [0.25, 0.3) is 10.0 Å². The Kier molecular flexibility index (Phi) is 9.94. The molecule has 7 nitrogen and oxygen atoms in total. The van der Waals surface area contributed by atoms with E-state index in [0.717, 1.165) is 15.4 Å². The maximum atomic E-state index is 14.0.